The number of thiophene rings is 2. The Morgan fingerprint density at radius 2 is 2.31 bits per heavy atom. The largest absolute Gasteiger partial charge is 0.478 e. The second-order valence-electron chi connectivity index (χ2n) is 2.48. The van der Waals surface area contributed by atoms with Crippen molar-refractivity contribution in [1.29, 1.82) is 0 Å². The third kappa shape index (κ3) is 1.64. The summed E-state index contributed by atoms with van der Waals surface area (Å²) in [6.45, 7) is 0. The molecular weight excluding hydrogens is 204 g/mol. The lowest BCUT2D eigenvalue weighted by atomic mass is 10.3. The van der Waals surface area contributed by atoms with Crippen molar-refractivity contribution in [3.63, 3.8) is 0 Å². The van der Waals surface area contributed by atoms with Gasteiger partial charge in [0.05, 0.1) is 4.70 Å². The van der Waals surface area contributed by atoms with Crippen molar-refractivity contribution in [3.8, 4) is 0 Å². The summed E-state index contributed by atoms with van der Waals surface area (Å²) >= 11 is 3.28. The Balaban J connectivity index is 2.43. The van der Waals surface area contributed by atoms with Crippen molar-refractivity contribution in [2.75, 3.05) is 0 Å². The van der Waals surface area contributed by atoms with Gasteiger partial charge in [0.1, 0.15) is 0 Å². The maximum Gasteiger partial charge on any atom is 0.328 e. The topological polar surface area (TPSA) is 37.3 Å². The molecule has 0 aromatic carbocycles. The fraction of sp³-hybridized carbons (Fsp3) is 0. The van der Waals surface area contributed by atoms with E-state index in [0.29, 0.717) is 0 Å². The van der Waals surface area contributed by atoms with Gasteiger partial charge in [-0.1, -0.05) is 0 Å². The van der Waals surface area contributed by atoms with Gasteiger partial charge in [-0.15, -0.1) is 22.7 Å². The number of aliphatic carboxylic acids is 1. The lowest BCUT2D eigenvalue weighted by molar-refractivity contribution is -0.131. The van der Waals surface area contributed by atoms with Crippen molar-refractivity contribution in [1.82, 2.24) is 0 Å². The van der Waals surface area contributed by atoms with Gasteiger partial charge in [-0.05, 0) is 17.5 Å². The molecule has 0 radical (unpaired) electrons. The van der Waals surface area contributed by atoms with Crippen LogP contribution in [-0.4, -0.2) is 11.1 Å². The van der Waals surface area contributed by atoms with Crippen molar-refractivity contribution in [2.45, 2.75) is 0 Å². The molecule has 0 bridgehead atoms. The van der Waals surface area contributed by atoms with Gasteiger partial charge in [-0.3, -0.25) is 0 Å². The minimum Gasteiger partial charge on any atom is -0.478 e. The highest BCUT2D eigenvalue weighted by Crippen LogP contribution is 2.31. The van der Waals surface area contributed by atoms with Crippen LogP contribution in [0.25, 0.3) is 15.5 Å². The predicted molar refractivity (Wildman–Crippen MR) is 56.4 cm³/mol. The van der Waals surface area contributed by atoms with Crippen LogP contribution < -0.4 is 0 Å². The summed E-state index contributed by atoms with van der Waals surface area (Å²) in [6, 6.07) is 2.04. The van der Waals surface area contributed by atoms with E-state index >= 15 is 0 Å². The Labute approximate surface area is 82.8 Å². The lowest BCUT2D eigenvalue weighted by Gasteiger charge is -1.83. The van der Waals surface area contributed by atoms with E-state index in [1.54, 1.807) is 28.7 Å². The fourth-order valence-corrected chi connectivity index (χ4v) is 3.12. The van der Waals surface area contributed by atoms with E-state index in [2.05, 4.69) is 0 Å². The molecule has 2 aromatic rings. The molecule has 13 heavy (non-hydrogen) atoms. The van der Waals surface area contributed by atoms with Crippen LogP contribution in [0, 0.1) is 0 Å². The summed E-state index contributed by atoms with van der Waals surface area (Å²) in [4.78, 5) is 10.3. The Morgan fingerprint density at radius 1 is 1.46 bits per heavy atom. The molecule has 4 heteroatoms. The average Bonchev–Trinajstić information content (AvgIpc) is 2.60. The Kier molecular flexibility index (Phi) is 2.16. The summed E-state index contributed by atoms with van der Waals surface area (Å²) in [5, 5.41) is 12.4. The van der Waals surface area contributed by atoms with E-state index in [1.165, 1.54) is 15.5 Å². The summed E-state index contributed by atoms with van der Waals surface area (Å²) in [6.07, 6.45) is 2.80. The second kappa shape index (κ2) is 3.32. The monoisotopic (exact) mass is 210 g/mol. The second-order valence-corrected chi connectivity index (χ2v) is 4.30. The molecule has 0 spiro atoms. The van der Waals surface area contributed by atoms with Gasteiger partial charge in [0.15, 0.2) is 0 Å². The molecule has 0 unspecified atom stereocenters. The van der Waals surface area contributed by atoms with E-state index in [9.17, 15) is 4.79 Å². The molecule has 2 aromatic heterocycles. The summed E-state index contributed by atoms with van der Waals surface area (Å²) in [5.41, 5.74) is 0.998. The molecule has 0 aliphatic heterocycles. The molecule has 0 fully saturated rings. The van der Waals surface area contributed by atoms with E-state index in [0.717, 1.165) is 5.56 Å². The standard InChI is InChI=1S/C9H6O2S2/c10-8(11)2-1-6-5-13-7-3-4-12-9(6)7/h1-5H,(H,10,11). The maximum absolute atomic E-state index is 10.3. The van der Waals surface area contributed by atoms with Crippen LogP contribution in [0.2, 0.25) is 0 Å². The van der Waals surface area contributed by atoms with Crippen LogP contribution in [0.4, 0.5) is 0 Å². The SMILES string of the molecule is O=C(O)C=Cc1csc2ccsc12. The van der Waals surface area contributed by atoms with Gasteiger partial charge < -0.3 is 5.11 Å². The first-order valence-electron chi connectivity index (χ1n) is 3.63. The Hall–Kier alpha value is -1.13. The molecule has 0 aliphatic carbocycles. The van der Waals surface area contributed by atoms with Gasteiger partial charge in [0.25, 0.3) is 0 Å². The van der Waals surface area contributed by atoms with Gasteiger partial charge in [0.2, 0.25) is 0 Å². The maximum atomic E-state index is 10.3. The van der Waals surface area contributed by atoms with Crippen LogP contribution in [-0.2, 0) is 4.79 Å². The zero-order valence-corrected chi connectivity index (χ0v) is 8.19. The molecular formula is C9H6O2S2. The number of hydrogen-bond donors (Lipinski definition) is 1. The van der Waals surface area contributed by atoms with Gasteiger partial charge in [-0.25, -0.2) is 4.79 Å². The fourth-order valence-electron chi connectivity index (χ4n) is 1.06. The summed E-state index contributed by atoms with van der Waals surface area (Å²) < 4.78 is 2.39. The van der Waals surface area contributed by atoms with E-state index in [-0.39, 0.29) is 0 Å². The highest BCUT2D eigenvalue weighted by atomic mass is 32.1. The van der Waals surface area contributed by atoms with Crippen LogP contribution in [0.5, 0.6) is 0 Å². The Bertz CT molecular complexity index is 465. The zero-order chi connectivity index (χ0) is 9.26. The number of rotatable bonds is 2. The molecule has 66 valence electrons. The van der Waals surface area contributed by atoms with Crippen molar-refractivity contribution < 1.29 is 9.90 Å². The van der Waals surface area contributed by atoms with Crippen molar-refractivity contribution >= 4 is 44.1 Å². The number of carboxylic acids is 1. The molecule has 2 heterocycles. The normalized spacial score (nSPS) is 11.4. The quantitative estimate of drug-likeness (QED) is 0.773. The molecule has 2 rings (SSSR count). The van der Waals surface area contributed by atoms with Crippen LogP contribution in [0.3, 0.4) is 0 Å². The summed E-state index contributed by atoms with van der Waals surface area (Å²) in [7, 11) is 0. The molecule has 0 aliphatic rings. The average molecular weight is 210 g/mol. The minimum absolute atomic E-state index is 0.907. The highest BCUT2D eigenvalue weighted by molar-refractivity contribution is 7.26. The zero-order valence-electron chi connectivity index (χ0n) is 6.56. The molecule has 1 N–H and O–H groups in total. The first-order chi connectivity index (χ1) is 6.27. The molecule has 0 saturated carbocycles. The van der Waals surface area contributed by atoms with E-state index in [4.69, 9.17) is 5.11 Å². The van der Waals surface area contributed by atoms with Crippen molar-refractivity contribution in [3.05, 3.63) is 28.5 Å². The third-order valence-corrected chi connectivity index (χ3v) is 3.67. The summed E-state index contributed by atoms with van der Waals surface area (Å²) in [5.74, 6) is -0.907. The molecule has 0 atom stereocenters. The first kappa shape index (κ1) is 8.47. The van der Waals surface area contributed by atoms with Gasteiger partial charge >= 0.3 is 5.97 Å². The van der Waals surface area contributed by atoms with Gasteiger partial charge in [0, 0.05) is 21.7 Å². The molecule has 0 saturated heterocycles. The van der Waals surface area contributed by atoms with Gasteiger partial charge in [-0.2, -0.15) is 0 Å². The minimum atomic E-state index is -0.907. The highest BCUT2D eigenvalue weighted by Gasteiger charge is 2.01. The van der Waals surface area contributed by atoms with Crippen molar-refractivity contribution in [2.24, 2.45) is 0 Å². The number of fused-ring (bicyclic) bond motifs is 1. The van der Waals surface area contributed by atoms with Crippen LogP contribution in [0.15, 0.2) is 22.9 Å². The predicted octanol–water partition coefficient (Wildman–Crippen LogP) is 3.06. The number of carboxylic acid groups (broad SMARTS) is 1. The van der Waals surface area contributed by atoms with E-state index < -0.39 is 5.97 Å². The number of hydrogen-bond acceptors (Lipinski definition) is 3. The third-order valence-electron chi connectivity index (χ3n) is 1.61. The Morgan fingerprint density at radius 3 is 3.08 bits per heavy atom. The molecule has 2 nitrogen and oxygen atoms in total. The number of carbonyl (C=O) groups is 1. The first-order valence-corrected chi connectivity index (χ1v) is 5.39. The lowest BCUT2D eigenvalue weighted by Crippen LogP contribution is -1.84. The smallest absolute Gasteiger partial charge is 0.328 e. The van der Waals surface area contributed by atoms with Crippen LogP contribution >= 0.6 is 22.7 Å². The van der Waals surface area contributed by atoms with E-state index in [1.807, 2.05) is 16.8 Å². The molecule has 0 amide bonds. The van der Waals surface area contributed by atoms with Crippen LogP contribution in [0.1, 0.15) is 5.56 Å².